The number of hydrogen-bond acceptors (Lipinski definition) is 7. The summed E-state index contributed by atoms with van der Waals surface area (Å²) in [6.45, 7) is 9.80. The van der Waals surface area contributed by atoms with Gasteiger partial charge in [0.1, 0.15) is 18.2 Å². The minimum atomic E-state index is -0.805. The summed E-state index contributed by atoms with van der Waals surface area (Å²) in [7, 11) is 1.58. The Balaban J connectivity index is 1.18. The van der Waals surface area contributed by atoms with Crippen LogP contribution in [0.1, 0.15) is 47.1 Å². The summed E-state index contributed by atoms with van der Waals surface area (Å²) in [4.78, 5) is 21.4. The molecule has 0 amide bonds. The fourth-order valence-corrected chi connectivity index (χ4v) is 6.94. The van der Waals surface area contributed by atoms with Gasteiger partial charge in [0.15, 0.2) is 0 Å². The smallest absolute Gasteiger partial charge is 0.309 e. The molecule has 0 saturated carbocycles. The Morgan fingerprint density at radius 2 is 1.91 bits per heavy atom. The lowest BCUT2D eigenvalue weighted by molar-refractivity contribution is -0.147. The number of carboxylic acids is 1. The van der Waals surface area contributed by atoms with Crippen molar-refractivity contribution in [3.05, 3.63) is 76.3 Å². The van der Waals surface area contributed by atoms with E-state index in [1.165, 1.54) is 22.3 Å². The minimum Gasteiger partial charge on any atom is -0.488 e. The number of anilines is 1. The van der Waals surface area contributed by atoms with Gasteiger partial charge in [-0.05, 0) is 86.1 Å². The van der Waals surface area contributed by atoms with Crippen molar-refractivity contribution in [2.45, 2.75) is 64.8 Å². The topological polar surface area (TPSA) is 84.4 Å². The van der Waals surface area contributed by atoms with Crippen LogP contribution in [0.3, 0.4) is 0 Å². The van der Waals surface area contributed by atoms with Crippen LogP contribution >= 0.6 is 0 Å². The van der Waals surface area contributed by atoms with E-state index in [2.05, 4.69) is 47.9 Å². The molecule has 3 aliphatic rings. The largest absolute Gasteiger partial charge is 0.488 e. The van der Waals surface area contributed by atoms with E-state index in [0.717, 1.165) is 74.0 Å². The molecule has 228 valence electrons. The highest BCUT2D eigenvalue weighted by molar-refractivity contribution is 5.72. The van der Waals surface area contributed by atoms with Crippen LogP contribution in [0.15, 0.2) is 48.5 Å². The van der Waals surface area contributed by atoms with Crippen molar-refractivity contribution in [1.29, 1.82) is 0 Å². The molecule has 2 fully saturated rings. The van der Waals surface area contributed by atoms with Crippen LogP contribution in [-0.2, 0) is 33.8 Å². The summed E-state index contributed by atoms with van der Waals surface area (Å²) in [6, 6.07) is 17.5. The molecule has 8 nitrogen and oxygen atoms in total. The highest BCUT2D eigenvalue weighted by Crippen LogP contribution is 2.34. The standard InChI is InChI=1S/C35H43N3O5/c1-23-7-8-32(29(17-23)31-5-4-6-34(36-31)38-14-10-28(35(39)40)33(21-38)41-3)43-22-25-18-24(2)30-20-37(13-9-26(30)19-25)27-11-15-42-16-12-27/h4-8,17-19,27-28,33H,9-16,20-22H2,1-3H3,(H,39,40)/t28-,33+/m0/s1. The molecule has 3 aliphatic heterocycles. The van der Waals surface area contributed by atoms with E-state index in [0.29, 0.717) is 32.2 Å². The van der Waals surface area contributed by atoms with Crippen molar-refractivity contribution in [3.8, 4) is 17.0 Å². The summed E-state index contributed by atoms with van der Waals surface area (Å²) in [5, 5.41) is 9.58. The lowest BCUT2D eigenvalue weighted by Crippen LogP contribution is -2.47. The van der Waals surface area contributed by atoms with Crippen LogP contribution in [0.2, 0.25) is 0 Å². The van der Waals surface area contributed by atoms with Crippen molar-refractivity contribution in [2.24, 2.45) is 5.92 Å². The maximum absolute atomic E-state index is 11.7. The number of pyridine rings is 1. The molecule has 1 N–H and O–H groups in total. The number of hydrogen-bond donors (Lipinski definition) is 1. The Hall–Kier alpha value is -3.46. The van der Waals surface area contributed by atoms with Crippen molar-refractivity contribution in [3.63, 3.8) is 0 Å². The van der Waals surface area contributed by atoms with Gasteiger partial charge in [-0.15, -0.1) is 0 Å². The van der Waals surface area contributed by atoms with Crippen LogP contribution in [0, 0.1) is 19.8 Å². The molecule has 3 aromatic rings. The molecule has 0 bridgehead atoms. The van der Waals surface area contributed by atoms with Gasteiger partial charge in [0.25, 0.3) is 0 Å². The second-order valence-electron chi connectivity index (χ2n) is 12.2. The monoisotopic (exact) mass is 585 g/mol. The van der Waals surface area contributed by atoms with Crippen LogP contribution in [0.5, 0.6) is 5.75 Å². The molecule has 1 aromatic heterocycles. The number of carbonyl (C=O) groups is 1. The van der Waals surface area contributed by atoms with E-state index in [9.17, 15) is 9.90 Å². The molecule has 2 aromatic carbocycles. The zero-order chi connectivity index (χ0) is 29.9. The molecular formula is C35H43N3O5. The molecule has 0 unspecified atom stereocenters. The van der Waals surface area contributed by atoms with Crippen molar-refractivity contribution < 1.29 is 24.1 Å². The van der Waals surface area contributed by atoms with Gasteiger partial charge in [0.2, 0.25) is 0 Å². The zero-order valence-electron chi connectivity index (χ0n) is 25.6. The second-order valence-corrected chi connectivity index (χ2v) is 12.2. The number of nitrogens with zero attached hydrogens (tertiary/aromatic N) is 3. The van der Waals surface area contributed by atoms with Crippen LogP contribution in [-0.4, -0.2) is 73.1 Å². The van der Waals surface area contributed by atoms with E-state index < -0.39 is 11.9 Å². The zero-order valence-corrected chi connectivity index (χ0v) is 25.6. The van der Waals surface area contributed by atoms with Gasteiger partial charge in [0, 0.05) is 58.1 Å². The molecule has 8 heteroatoms. The number of carboxylic acid groups (broad SMARTS) is 1. The Morgan fingerprint density at radius 3 is 2.70 bits per heavy atom. The molecule has 4 heterocycles. The fourth-order valence-electron chi connectivity index (χ4n) is 6.94. The Morgan fingerprint density at radius 1 is 1.07 bits per heavy atom. The third-order valence-corrected chi connectivity index (χ3v) is 9.40. The third kappa shape index (κ3) is 6.56. The van der Waals surface area contributed by atoms with Crippen molar-refractivity contribution in [2.75, 3.05) is 44.9 Å². The SMILES string of the molecule is CO[C@@H]1CN(c2cccc(-c3cc(C)ccc3OCc3cc(C)c4c(c3)CCN(C3CCOCC3)C4)n2)CC[C@@H]1C(=O)O. The summed E-state index contributed by atoms with van der Waals surface area (Å²) in [6.07, 6.45) is 3.48. The normalized spacial score (nSPS) is 21.4. The molecule has 0 spiro atoms. The number of fused-ring (bicyclic) bond motifs is 1. The second kappa shape index (κ2) is 13.0. The molecular weight excluding hydrogens is 542 g/mol. The van der Waals surface area contributed by atoms with Crippen molar-refractivity contribution >= 4 is 11.8 Å². The number of benzene rings is 2. The van der Waals surface area contributed by atoms with Gasteiger partial charge in [0.05, 0.1) is 17.7 Å². The van der Waals surface area contributed by atoms with E-state index in [-0.39, 0.29) is 6.10 Å². The Labute approximate surface area is 254 Å². The first-order valence-corrected chi connectivity index (χ1v) is 15.5. The number of methoxy groups -OCH3 is 1. The Bertz CT molecular complexity index is 1450. The maximum atomic E-state index is 11.7. The van der Waals surface area contributed by atoms with Gasteiger partial charge in [-0.25, -0.2) is 4.98 Å². The first kappa shape index (κ1) is 29.6. The molecule has 0 aliphatic carbocycles. The van der Waals surface area contributed by atoms with Crippen LogP contribution < -0.4 is 9.64 Å². The van der Waals surface area contributed by atoms with Gasteiger partial charge in [-0.3, -0.25) is 9.69 Å². The van der Waals surface area contributed by atoms with Crippen LogP contribution in [0.25, 0.3) is 11.3 Å². The number of aliphatic carboxylic acids is 1. The quantitative estimate of drug-likeness (QED) is 0.376. The average Bonchev–Trinajstić information content (AvgIpc) is 3.04. The lowest BCUT2D eigenvalue weighted by Gasteiger charge is -2.38. The molecule has 6 rings (SSSR count). The predicted octanol–water partition coefficient (Wildman–Crippen LogP) is 5.41. The average molecular weight is 586 g/mol. The van der Waals surface area contributed by atoms with Gasteiger partial charge >= 0.3 is 5.97 Å². The number of ether oxygens (including phenoxy) is 3. The first-order valence-electron chi connectivity index (χ1n) is 15.5. The molecule has 2 saturated heterocycles. The van der Waals surface area contributed by atoms with E-state index >= 15 is 0 Å². The Kier molecular flexibility index (Phi) is 8.98. The van der Waals surface area contributed by atoms with Gasteiger partial charge < -0.3 is 24.2 Å². The lowest BCUT2D eigenvalue weighted by atomic mass is 9.91. The highest BCUT2D eigenvalue weighted by atomic mass is 16.5. The van der Waals surface area contributed by atoms with E-state index in [4.69, 9.17) is 19.2 Å². The predicted molar refractivity (Wildman–Crippen MR) is 167 cm³/mol. The summed E-state index contributed by atoms with van der Waals surface area (Å²) >= 11 is 0. The fraction of sp³-hybridized carbons (Fsp3) is 0.486. The highest BCUT2D eigenvalue weighted by Gasteiger charge is 2.35. The minimum absolute atomic E-state index is 0.375. The number of aryl methyl sites for hydroxylation is 2. The third-order valence-electron chi connectivity index (χ3n) is 9.40. The first-order chi connectivity index (χ1) is 20.9. The van der Waals surface area contributed by atoms with Gasteiger partial charge in [-0.2, -0.15) is 0 Å². The van der Waals surface area contributed by atoms with Crippen LogP contribution in [0.4, 0.5) is 5.82 Å². The van der Waals surface area contributed by atoms with Gasteiger partial charge in [-0.1, -0.05) is 29.8 Å². The summed E-state index contributed by atoms with van der Waals surface area (Å²) in [5.41, 5.74) is 8.37. The molecule has 0 radical (unpaired) electrons. The van der Waals surface area contributed by atoms with E-state index in [1.807, 2.05) is 24.3 Å². The molecule has 43 heavy (non-hydrogen) atoms. The summed E-state index contributed by atoms with van der Waals surface area (Å²) in [5.74, 6) is 0.312. The van der Waals surface area contributed by atoms with E-state index in [1.54, 1.807) is 7.11 Å². The van der Waals surface area contributed by atoms with Crippen molar-refractivity contribution in [1.82, 2.24) is 9.88 Å². The maximum Gasteiger partial charge on any atom is 0.309 e. The number of aromatic nitrogens is 1. The number of rotatable bonds is 8. The number of piperidine rings is 1. The molecule has 2 atom stereocenters. The summed E-state index contributed by atoms with van der Waals surface area (Å²) < 4.78 is 17.6.